The Bertz CT molecular complexity index is 412. The molecule has 0 bridgehead atoms. The molecule has 1 heterocycles. The second-order valence-electron chi connectivity index (χ2n) is 6.09. The first-order valence-electron chi connectivity index (χ1n) is 8.42. The average molecular weight is 310 g/mol. The Morgan fingerprint density at radius 1 is 1.14 bits per heavy atom. The molecule has 0 atom stereocenters. The quantitative estimate of drug-likeness (QED) is 0.570. The van der Waals surface area contributed by atoms with Gasteiger partial charge in [0.15, 0.2) is 5.96 Å². The number of hydrogen-bond acceptors (Lipinski definition) is 4. The van der Waals surface area contributed by atoms with Crippen molar-refractivity contribution >= 4 is 17.8 Å². The van der Waals surface area contributed by atoms with E-state index >= 15 is 0 Å². The van der Waals surface area contributed by atoms with Crippen LogP contribution in [-0.4, -0.2) is 34.8 Å². The van der Waals surface area contributed by atoms with Crippen LogP contribution < -0.4 is 11.5 Å². The molecule has 126 valence electrons. The number of primary amides is 1. The molecule has 0 aromatic heterocycles. The monoisotopic (exact) mass is 310 g/mol. The zero-order chi connectivity index (χ0) is 16.6. The molecule has 6 nitrogen and oxygen atoms in total. The molecule has 2 amide bonds. The Labute approximate surface area is 133 Å². The summed E-state index contributed by atoms with van der Waals surface area (Å²) in [5.41, 5.74) is 10.5. The normalized spacial score (nSPS) is 16.9. The van der Waals surface area contributed by atoms with Crippen molar-refractivity contribution in [2.75, 3.05) is 6.54 Å². The highest BCUT2D eigenvalue weighted by Crippen LogP contribution is 2.32. The number of nitrogens with two attached hydrogens (primary N) is 2. The lowest BCUT2D eigenvalue weighted by molar-refractivity contribution is -0.131. The fourth-order valence-corrected chi connectivity index (χ4v) is 2.86. The molecule has 0 aliphatic carbocycles. The number of aliphatic imine (C=N–C) groups is 1. The SMILES string of the molecule is CCCCC1(CCCC)N=C(N)N(CCCCC(N)=O)C1=O. The van der Waals surface area contributed by atoms with E-state index in [9.17, 15) is 9.59 Å². The Hall–Kier alpha value is -1.59. The summed E-state index contributed by atoms with van der Waals surface area (Å²) in [6.45, 7) is 4.74. The molecule has 0 radical (unpaired) electrons. The van der Waals surface area contributed by atoms with E-state index in [1.807, 2.05) is 0 Å². The van der Waals surface area contributed by atoms with E-state index in [2.05, 4.69) is 18.8 Å². The molecule has 0 saturated carbocycles. The fourth-order valence-electron chi connectivity index (χ4n) is 2.86. The van der Waals surface area contributed by atoms with Crippen LogP contribution in [0.3, 0.4) is 0 Å². The number of carbonyl (C=O) groups is 2. The minimum absolute atomic E-state index is 0.0333. The van der Waals surface area contributed by atoms with Crippen molar-refractivity contribution in [3.63, 3.8) is 0 Å². The molecule has 0 fully saturated rings. The second kappa shape index (κ2) is 8.76. The molecule has 6 heteroatoms. The highest BCUT2D eigenvalue weighted by atomic mass is 16.2. The van der Waals surface area contributed by atoms with Crippen LogP contribution in [0, 0.1) is 0 Å². The third-order valence-electron chi connectivity index (χ3n) is 4.19. The summed E-state index contributed by atoms with van der Waals surface area (Å²) in [6.07, 6.45) is 7.28. The lowest BCUT2D eigenvalue weighted by atomic mass is 9.87. The van der Waals surface area contributed by atoms with E-state index in [0.717, 1.165) is 38.5 Å². The largest absolute Gasteiger partial charge is 0.370 e. The van der Waals surface area contributed by atoms with Crippen molar-refractivity contribution < 1.29 is 9.59 Å². The zero-order valence-corrected chi connectivity index (χ0v) is 13.9. The van der Waals surface area contributed by atoms with Gasteiger partial charge in [-0.15, -0.1) is 0 Å². The molecule has 22 heavy (non-hydrogen) atoms. The maximum absolute atomic E-state index is 12.8. The first kappa shape index (κ1) is 18.5. The molecule has 1 aliphatic heterocycles. The van der Waals surface area contributed by atoms with Crippen LogP contribution in [0.1, 0.15) is 71.6 Å². The number of nitrogens with zero attached hydrogens (tertiary/aromatic N) is 2. The maximum atomic E-state index is 12.8. The third-order valence-corrected chi connectivity index (χ3v) is 4.19. The Kier molecular flexibility index (Phi) is 7.35. The van der Waals surface area contributed by atoms with Crippen LogP contribution in [0.25, 0.3) is 0 Å². The van der Waals surface area contributed by atoms with Crippen LogP contribution in [0.15, 0.2) is 4.99 Å². The number of carbonyl (C=O) groups excluding carboxylic acids is 2. The van der Waals surface area contributed by atoms with Gasteiger partial charge in [0.05, 0.1) is 0 Å². The van der Waals surface area contributed by atoms with Crippen LogP contribution in [0.2, 0.25) is 0 Å². The van der Waals surface area contributed by atoms with Crippen molar-refractivity contribution in [3.8, 4) is 0 Å². The molecular formula is C16H30N4O2. The lowest BCUT2D eigenvalue weighted by Crippen LogP contribution is -2.44. The summed E-state index contributed by atoms with van der Waals surface area (Å²) in [4.78, 5) is 29.7. The highest BCUT2D eigenvalue weighted by molar-refractivity contribution is 6.06. The van der Waals surface area contributed by atoms with Gasteiger partial charge >= 0.3 is 0 Å². The van der Waals surface area contributed by atoms with Crippen LogP contribution >= 0.6 is 0 Å². The first-order chi connectivity index (χ1) is 10.5. The molecule has 4 N–H and O–H groups in total. The van der Waals surface area contributed by atoms with E-state index in [-0.39, 0.29) is 11.8 Å². The maximum Gasteiger partial charge on any atom is 0.257 e. The van der Waals surface area contributed by atoms with Gasteiger partial charge < -0.3 is 11.5 Å². The molecule has 0 saturated heterocycles. The molecule has 1 rings (SSSR count). The average Bonchev–Trinajstić information content (AvgIpc) is 2.71. The van der Waals surface area contributed by atoms with Crippen molar-refractivity contribution in [2.45, 2.75) is 77.2 Å². The topological polar surface area (TPSA) is 102 Å². The van der Waals surface area contributed by atoms with Gasteiger partial charge in [-0.05, 0) is 25.7 Å². The summed E-state index contributed by atoms with van der Waals surface area (Å²) in [7, 11) is 0. The standard InChI is InChI=1S/C16H30N4O2/c1-3-5-10-16(11-6-4-2)14(22)20(15(18)19-16)12-8-7-9-13(17)21/h3-12H2,1-2H3,(H2,17,21)(H2,18,19). The summed E-state index contributed by atoms with van der Waals surface area (Å²) in [6, 6.07) is 0. The minimum atomic E-state index is -0.653. The number of hydrogen-bond donors (Lipinski definition) is 2. The molecule has 0 aromatic rings. The Balaban J connectivity index is 2.68. The summed E-state index contributed by atoms with van der Waals surface area (Å²) >= 11 is 0. The van der Waals surface area contributed by atoms with Gasteiger partial charge in [-0.2, -0.15) is 0 Å². The molecule has 0 spiro atoms. The number of rotatable bonds is 11. The van der Waals surface area contributed by atoms with Gasteiger partial charge in [0.25, 0.3) is 5.91 Å². The van der Waals surface area contributed by atoms with E-state index < -0.39 is 5.54 Å². The second-order valence-corrected chi connectivity index (χ2v) is 6.09. The fraction of sp³-hybridized carbons (Fsp3) is 0.812. The highest BCUT2D eigenvalue weighted by Gasteiger charge is 2.46. The summed E-state index contributed by atoms with van der Waals surface area (Å²) < 4.78 is 0. The van der Waals surface area contributed by atoms with E-state index in [1.165, 1.54) is 0 Å². The Morgan fingerprint density at radius 3 is 2.23 bits per heavy atom. The van der Waals surface area contributed by atoms with Crippen LogP contribution in [0.4, 0.5) is 0 Å². The van der Waals surface area contributed by atoms with Gasteiger partial charge in [0.2, 0.25) is 5.91 Å². The number of unbranched alkanes of at least 4 members (excludes halogenated alkanes) is 3. The summed E-state index contributed by atoms with van der Waals surface area (Å²) in [5.74, 6) is 0.0527. The lowest BCUT2D eigenvalue weighted by Gasteiger charge is -2.26. The smallest absolute Gasteiger partial charge is 0.257 e. The first-order valence-corrected chi connectivity index (χ1v) is 8.42. The van der Waals surface area contributed by atoms with Gasteiger partial charge in [-0.25, -0.2) is 4.99 Å². The molecule has 1 aliphatic rings. The van der Waals surface area contributed by atoms with E-state index in [0.29, 0.717) is 31.8 Å². The van der Waals surface area contributed by atoms with Gasteiger partial charge in [0, 0.05) is 13.0 Å². The van der Waals surface area contributed by atoms with Crippen LogP contribution in [0.5, 0.6) is 0 Å². The van der Waals surface area contributed by atoms with Gasteiger partial charge in [-0.1, -0.05) is 39.5 Å². The van der Waals surface area contributed by atoms with E-state index in [4.69, 9.17) is 11.5 Å². The van der Waals surface area contributed by atoms with E-state index in [1.54, 1.807) is 4.90 Å². The van der Waals surface area contributed by atoms with Crippen molar-refractivity contribution in [1.29, 1.82) is 0 Å². The predicted molar refractivity (Wildman–Crippen MR) is 88.2 cm³/mol. The van der Waals surface area contributed by atoms with Crippen LogP contribution in [-0.2, 0) is 9.59 Å². The van der Waals surface area contributed by atoms with Gasteiger partial charge in [0.1, 0.15) is 5.54 Å². The molecule has 0 unspecified atom stereocenters. The minimum Gasteiger partial charge on any atom is -0.370 e. The van der Waals surface area contributed by atoms with Crippen molar-refractivity contribution in [2.24, 2.45) is 16.5 Å². The number of amides is 2. The Morgan fingerprint density at radius 2 is 1.73 bits per heavy atom. The number of guanidine groups is 1. The molecular weight excluding hydrogens is 280 g/mol. The van der Waals surface area contributed by atoms with Gasteiger partial charge in [-0.3, -0.25) is 14.5 Å². The third kappa shape index (κ3) is 4.71. The van der Waals surface area contributed by atoms with Crippen molar-refractivity contribution in [3.05, 3.63) is 0 Å². The summed E-state index contributed by atoms with van der Waals surface area (Å²) in [5, 5.41) is 0. The predicted octanol–water partition coefficient (Wildman–Crippen LogP) is 1.92. The molecule has 0 aromatic carbocycles. The van der Waals surface area contributed by atoms with Crippen molar-refractivity contribution in [1.82, 2.24) is 4.90 Å². The zero-order valence-electron chi connectivity index (χ0n) is 13.9.